The zero-order valence-corrected chi connectivity index (χ0v) is 18.7. The third-order valence-corrected chi connectivity index (χ3v) is 7.14. The third-order valence-electron chi connectivity index (χ3n) is 5.95. The number of carbonyl (C=O) groups excluding carboxylic acids is 2. The van der Waals surface area contributed by atoms with E-state index in [1.54, 1.807) is 0 Å². The zero-order valence-electron chi connectivity index (χ0n) is 17.9. The van der Waals surface area contributed by atoms with Crippen molar-refractivity contribution >= 4 is 34.1 Å². The van der Waals surface area contributed by atoms with Gasteiger partial charge in [0.2, 0.25) is 5.91 Å². The van der Waals surface area contributed by atoms with Crippen LogP contribution < -0.4 is 0 Å². The predicted octanol–water partition coefficient (Wildman–Crippen LogP) is 4.13. The molecule has 0 saturated carbocycles. The van der Waals surface area contributed by atoms with Crippen LogP contribution in [0.4, 0.5) is 0 Å². The van der Waals surface area contributed by atoms with Gasteiger partial charge in [-0.05, 0) is 18.6 Å². The highest BCUT2D eigenvalue weighted by Crippen LogP contribution is 2.29. The number of hydrogen-bond donors (Lipinski definition) is 1. The molecule has 1 aliphatic heterocycles. The first-order chi connectivity index (χ1) is 15.6. The van der Waals surface area contributed by atoms with E-state index < -0.39 is 0 Å². The second-order valence-corrected chi connectivity index (χ2v) is 9.01. The summed E-state index contributed by atoms with van der Waals surface area (Å²) in [7, 11) is 0. The molecule has 0 unspecified atom stereocenters. The van der Waals surface area contributed by atoms with E-state index in [0.29, 0.717) is 37.5 Å². The Morgan fingerprint density at radius 3 is 2.44 bits per heavy atom. The van der Waals surface area contributed by atoms with Crippen molar-refractivity contribution in [2.75, 3.05) is 26.2 Å². The first-order valence-electron chi connectivity index (χ1n) is 10.7. The van der Waals surface area contributed by atoms with E-state index in [1.165, 1.54) is 11.3 Å². The summed E-state index contributed by atoms with van der Waals surface area (Å²) in [5.74, 6) is 0.105. The minimum atomic E-state index is 0.00547. The average Bonchev–Trinajstić information content (AvgIpc) is 3.43. The van der Waals surface area contributed by atoms with Gasteiger partial charge >= 0.3 is 0 Å². The lowest BCUT2D eigenvalue weighted by Gasteiger charge is -2.34. The lowest BCUT2D eigenvalue weighted by molar-refractivity contribution is -0.131. The van der Waals surface area contributed by atoms with Crippen LogP contribution in [-0.2, 0) is 11.2 Å². The Kier molecular flexibility index (Phi) is 5.49. The molecule has 1 N–H and O–H groups in total. The van der Waals surface area contributed by atoms with Gasteiger partial charge in [0.1, 0.15) is 9.88 Å². The van der Waals surface area contributed by atoms with Crippen LogP contribution in [0.1, 0.15) is 20.9 Å². The van der Waals surface area contributed by atoms with E-state index in [9.17, 15) is 9.59 Å². The van der Waals surface area contributed by atoms with Gasteiger partial charge in [0.05, 0.1) is 12.1 Å². The number of para-hydroxylation sites is 1. The Bertz CT molecular complexity index is 1270. The molecule has 1 aliphatic rings. The third kappa shape index (κ3) is 3.91. The number of aromatic nitrogens is 2. The maximum atomic E-state index is 13.1. The summed E-state index contributed by atoms with van der Waals surface area (Å²) in [6.45, 7) is 4.07. The lowest BCUT2D eigenvalue weighted by Crippen LogP contribution is -2.51. The Morgan fingerprint density at radius 2 is 1.66 bits per heavy atom. The SMILES string of the molecule is Cc1nc(-c2ccccc2)sc1C(=O)N1CCN(C(=O)Cc2c[nH]c3ccccc23)CC1. The molecular formula is C25H24N4O2S. The predicted molar refractivity (Wildman–Crippen MR) is 127 cm³/mol. The number of nitrogens with one attached hydrogen (secondary N) is 1. The molecule has 2 amide bonds. The van der Waals surface area contributed by atoms with Crippen molar-refractivity contribution in [3.05, 3.63) is 76.9 Å². The molecular weight excluding hydrogens is 420 g/mol. The van der Waals surface area contributed by atoms with Crippen LogP contribution in [-0.4, -0.2) is 57.8 Å². The van der Waals surface area contributed by atoms with Crippen molar-refractivity contribution in [1.29, 1.82) is 0 Å². The van der Waals surface area contributed by atoms with Crippen LogP contribution in [0.3, 0.4) is 0 Å². The normalized spacial score (nSPS) is 14.2. The van der Waals surface area contributed by atoms with Gasteiger partial charge in [0.25, 0.3) is 5.91 Å². The molecule has 162 valence electrons. The smallest absolute Gasteiger partial charge is 0.265 e. The van der Waals surface area contributed by atoms with Gasteiger partial charge in [-0.1, -0.05) is 48.5 Å². The molecule has 1 fully saturated rings. The molecule has 32 heavy (non-hydrogen) atoms. The summed E-state index contributed by atoms with van der Waals surface area (Å²) in [5.41, 5.74) is 3.84. The zero-order chi connectivity index (χ0) is 22.1. The Labute approximate surface area is 190 Å². The van der Waals surface area contributed by atoms with Crippen LogP contribution in [0, 0.1) is 6.92 Å². The van der Waals surface area contributed by atoms with Crippen LogP contribution in [0.2, 0.25) is 0 Å². The van der Waals surface area contributed by atoms with Gasteiger partial charge in [-0.3, -0.25) is 9.59 Å². The fraction of sp³-hybridized carbons (Fsp3) is 0.240. The minimum Gasteiger partial charge on any atom is -0.361 e. The second-order valence-electron chi connectivity index (χ2n) is 8.01. The van der Waals surface area contributed by atoms with E-state index in [4.69, 9.17) is 0 Å². The molecule has 5 rings (SSSR count). The molecule has 0 atom stereocenters. The molecule has 3 heterocycles. The lowest BCUT2D eigenvalue weighted by atomic mass is 10.1. The van der Waals surface area contributed by atoms with Crippen molar-refractivity contribution in [2.24, 2.45) is 0 Å². The molecule has 7 heteroatoms. The number of benzene rings is 2. The van der Waals surface area contributed by atoms with Crippen molar-refractivity contribution in [3.63, 3.8) is 0 Å². The standard InChI is InChI=1S/C25H24N4O2S/c1-17-23(32-24(27-17)18-7-3-2-4-8-18)25(31)29-13-11-28(12-14-29)22(30)15-19-16-26-21-10-6-5-9-20(19)21/h2-10,16,26H,11-15H2,1H3. The van der Waals surface area contributed by atoms with Gasteiger partial charge in [-0.2, -0.15) is 0 Å². The van der Waals surface area contributed by atoms with Gasteiger partial charge in [0, 0.05) is 48.8 Å². The van der Waals surface area contributed by atoms with Crippen LogP contribution in [0.15, 0.2) is 60.8 Å². The molecule has 0 radical (unpaired) electrons. The number of rotatable bonds is 4. The quantitative estimate of drug-likeness (QED) is 0.515. The summed E-state index contributed by atoms with van der Waals surface area (Å²) >= 11 is 1.44. The fourth-order valence-corrected chi connectivity index (χ4v) is 5.19. The fourth-order valence-electron chi connectivity index (χ4n) is 4.15. The van der Waals surface area contributed by atoms with Crippen molar-refractivity contribution < 1.29 is 9.59 Å². The van der Waals surface area contributed by atoms with E-state index >= 15 is 0 Å². The molecule has 1 saturated heterocycles. The number of aryl methyl sites for hydroxylation is 1. The van der Waals surface area contributed by atoms with Crippen molar-refractivity contribution in [1.82, 2.24) is 19.8 Å². The monoisotopic (exact) mass is 444 g/mol. The maximum Gasteiger partial charge on any atom is 0.265 e. The molecule has 0 aliphatic carbocycles. The van der Waals surface area contributed by atoms with Gasteiger partial charge in [-0.15, -0.1) is 11.3 Å². The minimum absolute atomic E-state index is 0.00547. The first kappa shape index (κ1) is 20.5. The second kappa shape index (κ2) is 8.59. The van der Waals surface area contributed by atoms with Crippen molar-refractivity contribution in [2.45, 2.75) is 13.3 Å². The summed E-state index contributed by atoms with van der Waals surface area (Å²) in [6.07, 6.45) is 2.28. The number of aromatic amines is 1. The number of nitrogens with zero attached hydrogens (tertiary/aromatic N) is 3. The number of amides is 2. The molecule has 4 aromatic rings. The Balaban J connectivity index is 1.22. The molecule has 6 nitrogen and oxygen atoms in total. The number of H-pyrrole nitrogens is 1. The van der Waals surface area contributed by atoms with Gasteiger partial charge < -0.3 is 14.8 Å². The largest absolute Gasteiger partial charge is 0.361 e. The Morgan fingerprint density at radius 1 is 0.969 bits per heavy atom. The summed E-state index contributed by atoms with van der Waals surface area (Å²) in [4.78, 5) is 38.2. The number of hydrogen-bond acceptors (Lipinski definition) is 4. The number of piperazine rings is 1. The topological polar surface area (TPSA) is 69.3 Å². The van der Waals surface area contributed by atoms with E-state index in [1.807, 2.05) is 77.5 Å². The van der Waals surface area contributed by atoms with E-state index in [-0.39, 0.29) is 11.8 Å². The molecule has 0 spiro atoms. The summed E-state index contributed by atoms with van der Waals surface area (Å²) in [5, 5.41) is 1.95. The molecule has 0 bridgehead atoms. The summed E-state index contributed by atoms with van der Waals surface area (Å²) < 4.78 is 0. The van der Waals surface area contributed by atoms with Crippen LogP contribution >= 0.6 is 11.3 Å². The highest BCUT2D eigenvalue weighted by atomic mass is 32.1. The Hall–Kier alpha value is -3.45. The first-order valence-corrected chi connectivity index (χ1v) is 11.6. The maximum absolute atomic E-state index is 13.1. The molecule has 2 aromatic carbocycles. The highest BCUT2D eigenvalue weighted by Gasteiger charge is 2.27. The van der Waals surface area contributed by atoms with Crippen LogP contribution in [0.5, 0.6) is 0 Å². The number of fused-ring (bicyclic) bond motifs is 1. The van der Waals surface area contributed by atoms with E-state index in [0.717, 1.165) is 32.7 Å². The number of thiazole rings is 1. The van der Waals surface area contributed by atoms with Crippen LogP contribution in [0.25, 0.3) is 21.5 Å². The summed E-state index contributed by atoms with van der Waals surface area (Å²) in [6, 6.07) is 17.9. The molecule has 2 aromatic heterocycles. The van der Waals surface area contributed by atoms with E-state index in [2.05, 4.69) is 9.97 Å². The van der Waals surface area contributed by atoms with Crippen molar-refractivity contribution in [3.8, 4) is 10.6 Å². The van der Waals surface area contributed by atoms with Gasteiger partial charge in [0.15, 0.2) is 0 Å². The average molecular weight is 445 g/mol. The van der Waals surface area contributed by atoms with Gasteiger partial charge in [-0.25, -0.2) is 4.98 Å². The number of carbonyl (C=O) groups is 2. The highest BCUT2D eigenvalue weighted by molar-refractivity contribution is 7.17.